The summed E-state index contributed by atoms with van der Waals surface area (Å²) >= 11 is 8.00. The zero-order chi connectivity index (χ0) is 13.8. The van der Waals surface area contributed by atoms with Crippen molar-refractivity contribution in [3.63, 3.8) is 0 Å². The summed E-state index contributed by atoms with van der Waals surface area (Å²) in [6.07, 6.45) is 0. The third-order valence-electron chi connectivity index (χ3n) is 3.08. The van der Waals surface area contributed by atoms with Crippen molar-refractivity contribution in [2.45, 2.75) is 19.9 Å². The van der Waals surface area contributed by atoms with Crippen LogP contribution in [0.3, 0.4) is 0 Å². The van der Waals surface area contributed by atoms with E-state index in [2.05, 4.69) is 36.7 Å². The Morgan fingerprint density at radius 2 is 2.16 bits per heavy atom. The third kappa shape index (κ3) is 3.11. The quantitative estimate of drug-likeness (QED) is 0.882. The van der Waals surface area contributed by atoms with Crippen molar-refractivity contribution in [1.82, 2.24) is 5.32 Å². The van der Waals surface area contributed by atoms with Gasteiger partial charge >= 0.3 is 0 Å². The minimum Gasteiger partial charge on any atom is -0.495 e. The van der Waals surface area contributed by atoms with Crippen LogP contribution in [-0.2, 0) is 0 Å². The monoisotopic (exact) mass is 295 g/mol. The van der Waals surface area contributed by atoms with Gasteiger partial charge in [0.2, 0.25) is 0 Å². The van der Waals surface area contributed by atoms with Gasteiger partial charge in [-0.3, -0.25) is 0 Å². The fourth-order valence-electron chi connectivity index (χ4n) is 2.11. The minimum absolute atomic E-state index is 0.188. The van der Waals surface area contributed by atoms with Crippen LogP contribution in [-0.4, -0.2) is 13.7 Å². The molecule has 1 aromatic carbocycles. The molecule has 1 heterocycles. The lowest BCUT2D eigenvalue weighted by Gasteiger charge is -2.19. The molecule has 19 heavy (non-hydrogen) atoms. The van der Waals surface area contributed by atoms with E-state index in [-0.39, 0.29) is 6.04 Å². The molecule has 4 heteroatoms. The van der Waals surface area contributed by atoms with E-state index in [0.717, 1.165) is 6.54 Å². The average Bonchev–Trinajstić information content (AvgIpc) is 2.82. The smallest absolute Gasteiger partial charge is 0.137 e. The lowest BCUT2D eigenvalue weighted by molar-refractivity contribution is 0.414. The number of nitrogens with one attached hydrogen (secondary N) is 1. The second-order valence-corrected chi connectivity index (χ2v) is 5.71. The molecule has 0 radical (unpaired) electrons. The number of aryl methyl sites for hydroxylation is 1. The van der Waals surface area contributed by atoms with Gasteiger partial charge in [-0.2, -0.15) is 0 Å². The van der Waals surface area contributed by atoms with Crippen molar-refractivity contribution in [3.05, 3.63) is 50.7 Å². The zero-order valence-electron chi connectivity index (χ0n) is 11.4. The van der Waals surface area contributed by atoms with Crippen LogP contribution >= 0.6 is 22.9 Å². The van der Waals surface area contributed by atoms with E-state index in [1.54, 1.807) is 18.4 Å². The van der Waals surface area contributed by atoms with E-state index in [1.807, 2.05) is 12.1 Å². The molecule has 2 nitrogen and oxygen atoms in total. The van der Waals surface area contributed by atoms with E-state index < -0.39 is 0 Å². The predicted octanol–water partition coefficient (Wildman–Crippen LogP) is 4.42. The average molecular weight is 296 g/mol. The summed E-state index contributed by atoms with van der Waals surface area (Å²) in [6.45, 7) is 5.16. The summed E-state index contributed by atoms with van der Waals surface area (Å²) in [7, 11) is 1.63. The molecule has 0 aliphatic rings. The Labute approximate surface area is 123 Å². The molecule has 0 aliphatic carbocycles. The van der Waals surface area contributed by atoms with Crippen molar-refractivity contribution < 1.29 is 4.74 Å². The van der Waals surface area contributed by atoms with Gasteiger partial charge < -0.3 is 10.1 Å². The molecule has 0 spiro atoms. The molecule has 1 atom stereocenters. The number of rotatable bonds is 5. The lowest BCUT2D eigenvalue weighted by atomic mass is 10.0. The Morgan fingerprint density at radius 3 is 2.68 bits per heavy atom. The summed E-state index contributed by atoms with van der Waals surface area (Å²) in [4.78, 5) is 1.34. The second kappa shape index (κ2) is 6.42. The summed E-state index contributed by atoms with van der Waals surface area (Å²) < 4.78 is 5.20. The number of methoxy groups -OCH3 is 1. The van der Waals surface area contributed by atoms with Crippen molar-refractivity contribution >= 4 is 22.9 Å². The highest BCUT2D eigenvalue weighted by Crippen LogP contribution is 2.33. The van der Waals surface area contributed by atoms with Gasteiger partial charge in [-0.25, -0.2) is 0 Å². The van der Waals surface area contributed by atoms with Crippen molar-refractivity contribution in [2.24, 2.45) is 0 Å². The van der Waals surface area contributed by atoms with E-state index in [0.29, 0.717) is 10.8 Å². The normalized spacial score (nSPS) is 12.4. The highest BCUT2D eigenvalue weighted by atomic mass is 35.5. The van der Waals surface area contributed by atoms with Crippen LogP contribution in [0, 0.1) is 6.92 Å². The van der Waals surface area contributed by atoms with Gasteiger partial charge in [-0.1, -0.05) is 24.6 Å². The molecular weight excluding hydrogens is 278 g/mol. The van der Waals surface area contributed by atoms with Crippen LogP contribution < -0.4 is 10.1 Å². The summed E-state index contributed by atoms with van der Waals surface area (Å²) in [5.74, 6) is 0.712. The fraction of sp³-hybridized carbons (Fsp3) is 0.333. The first-order chi connectivity index (χ1) is 9.17. The number of ether oxygens (including phenoxy) is 1. The van der Waals surface area contributed by atoms with Gasteiger partial charge in [-0.05, 0) is 48.2 Å². The van der Waals surface area contributed by atoms with Crippen LogP contribution in [0.4, 0.5) is 0 Å². The molecule has 0 bridgehead atoms. The molecule has 0 saturated heterocycles. The van der Waals surface area contributed by atoms with Gasteiger partial charge in [0, 0.05) is 4.88 Å². The Bertz CT molecular complexity index is 553. The Balaban J connectivity index is 2.39. The van der Waals surface area contributed by atoms with Crippen molar-refractivity contribution in [1.29, 1.82) is 0 Å². The molecule has 2 aromatic rings. The molecule has 0 fully saturated rings. The van der Waals surface area contributed by atoms with E-state index in [9.17, 15) is 0 Å². The molecule has 1 unspecified atom stereocenters. The number of hydrogen-bond acceptors (Lipinski definition) is 3. The van der Waals surface area contributed by atoms with Crippen LogP contribution in [0.1, 0.15) is 29.0 Å². The first kappa shape index (κ1) is 14.4. The highest BCUT2D eigenvalue weighted by molar-refractivity contribution is 7.10. The molecule has 0 amide bonds. The van der Waals surface area contributed by atoms with E-state index in [4.69, 9.17) is 16.3 Å². The maximum Gasteiger partial charge on any atom is 0.137 e. The second-order valence-electron chi connectivity index (χ2n) is 4.35. The lowest BCUT2D eigenvalue weighted by Crippen LogP contribution is -2.21. The first-order valence-corrected chi connectivity index (χ1v) is 7.54. The Hall–Kier alpha value is -1.03. The fourth-order valence-corrected chi connectivity index (χ4v) is 3.40. The third-order valence-corrected chi connectivity index (χ3v) is 4.46. The summed E-state index contributed by atoms with van der Waals surface area (Å²) in [5.41, 5.74) is 2.47. The molecule has 2 rings (SSSR count). The highest BCUT2D eigenvalue weighted by Gasteiger charge is 2.17. The van der Waals surface area contributed by atoms with E-state index >= 15 is 0 Å². The maximum absolute atomic E-state index is 6.23. The Kier molecular flexibility index (Phi) is 4.86. The topological polar surface area (TPSA) is 21.3 Å². The van der Waals surface area contributed by atoms with Crippen molar-refractivity contribution in [3.8, 4) is 5.75 Å². The standard InChI is InChI=1S/C15H18ClNOS/c1-4-17-14(15-10(2)7-8-19-15)11-5-6-13(18-3)12(16)9-11/h5-9,14,17H,4H2,1-3H3. The molecule has 0 saturated carbocycles. The van der Waals surface area contributed by atoms with Gasteiger partial charge in [0.1, 0.15) is 5.75 Å². The predicted molar refractivity (Wildman–Crippen MR) is 82.6 cm³/mol. The number of benzene rings is 1. The summed E-state index contributed by atoms with van der Waals surface area (Å²) in [5, 5.41) is 6.29. The number of halogens is 1. The van der Waals surface area contributed by atoms with Crippen LogP contribution in [0.2, 0.25) is 5.02 Å². The largest absolute Gasteiger partial charge is 0.495 e. The van der Waals surface area contributed by atoms with Gasteiger partial charge in [0.25, 0.3) is 0 Å². The SMILES string of the molecule is CCNC(c1ccc(OC)c(Cl)c1)c1sccc1C. The maximum atomic E-state index is 6.23. The van der Waals surface area contributed by atoms with Crippen molar-refractivity contribution in [2.75, 3.05) is 13.7 Å². The number of thiophene rings is 1. The molecular formula is C15H18ClNOS. The van der Waals surface area contributed by atoms with Crippen LogP contribution in [0.25, 0.3) is 0 Å². The molecule has 0 aliphatic heterocycles. The Morgan fingerprint density at radius 1 is 1.37 bits per heavy atom. The molecule has 1 N–H and O–H groups in total. The van der Waals surface area contributed by atoms with Crippen LogP contribution in [0.5, 0.6) is 5.75 Å². The van der Waals surface area contributed by atoms with Gasteiger partial charge in [-0.15, -0.1) is 11.3 Å². The first-order valence-electron chi connectivity index (χ1n) is 6.28. The van der Waals surface area contributed by atoms with E-state index in [1.165, 1.54) is 16.0 Å². The van der Waals surface area contributed by atoms with Gasteiger partial charge in [0.15, 0.2) is 0 Å². The minimum atomic E-state index is 0.188. The number of hydrogen-bond donors (Lipinski definition) is 1. The van der Waals surface area contributed by atoms with Crippen LogP contribution in [0.15, 0.2) is 29.6 Å². The zero-order valence-corrected chi connectivity index (χ0v) is 12.9. The molecule has 102 valence electrons. The van der Waals surface area contributed by atoms with Gasteiger partial charge in [0.05, 0.1) is 18.2 Å². The summed E-state index contributed by atoms with van der Waals surface area (Å²) in [6, 6.07) is 8.30. The molecule has 1 aromatic heterocycles.